The van der Waals surface area contributed by atoms with Crippen LogP contribution in [0.5, 0.6) is 0 Å². The average molecular weight is 365 g/mol. The number of hydrogen-bond donors (Lipinski definition) is 2. The Hall–Kier alpha value is -1.77. The van der Waals surface area contributed by atoms with Crippen LogP contribution in [-0.4, -0.2) is 16.9 Å². The molecule has 1 aromatic heterocycles. The Kier molecular flexibility index (Phi) is 4.29. The van der Waals surface area contributed by atoms with E-state index in [1.165, 1.54) is 55.0 Å². The van der Waals surface area contributed by atoms with E-state index in [2.05, 4.69) is 47.7 Å². The third-order valence-electron chi connectivity index (χ3n) is 7.91. The maximum absolute atomic E-state index is 12.6. The maximum Gasteiger partial charge on any atom is 0.220 e. The van der Waals surface area contributed by atoms with Crippen molar-refractivity contribution in [2.45, 2.75) is 70.8 Å². The molecule has 4 fully saturated rings. The van der Waals surface area contributed by atoms with Gasteiger partial charge in [0, 0.05) is 29.6 Å². The highest BCUT2D eigenvalue weighted by atomic mass is 16.1. The van der Waals surface area contributed by atoms with Crippen LogP contribution in [0.4, 0.5) is 0 Å². The van der Waals surface area contributed by atoms with E-state index in [9.17, 15) is 4.79 Å². The summed E-state index contributed by atoms with van der Waals surface area (Å²) in [4.78, 5) is 16.0. The van der Waals surface area contributed by atoms with Crippen LogP contribution >= 0.6 is 0 Å². The normalized spacial score (nSPS) is 32.7. The number of nitrogens with one attached hydrogen (secondary N) is 2. The molecule has 27 heavy (non-hydrogen) atoms. The van der Waals surface area contributed by atoms with Crippen LogP contribution in [0.2, 0.25) is 0 Å². The quantitative estimate of drug-likeness (QED) is 0.726. The zero-order valence-corrected chi connectivity index (χ0v) is 16.5. The third kappa shape index (κ3) is 3.19. The summed E-state index contributed by atoms with van der Waals surface area (Å²) < 4.78 is 0. The van der Waals surface area contributed by atoms with Crippen molar-refractivity contribution in [1.82, 2.24) is 10.3 Å². The van der Waals surface area contributed by atoms with E-state index < -0.39 is 0 Å². The van der Waals surface area contributed by atoms with Crippen LogP contribution < -0.4 is 5.32 Å². The molecule has 4 aliphatic rings. The SMILES string of the molecule is C[C@H](NC(=O)CCCc1c[nH]c2ccccc12)C12CC3CC(CC(C3)C1)C2. The minimum atomic E-state index is 0.248. The van der Waals surface area contributed by atoms with Crippen molar-refractivity contribution in [3.05, 3.63) is 36.0 Å². The van der Waals surface area contributed by atoms with E-state index in [0.717, 1.165) is 30.6 Å². The molecule has 3 heteroatoms. The number of benzene rings is 1. The fraction of sp³-hybridized carbons (Fsp3) is 0.625. The van der Waals surface area contributed by atoms with E-state index >= 15 is 0 Å². The second kappa shape index (κ2) is 6.68. The molecule has 1 atom stereocenters. The van der Waals surface area contributed by atoms with E-state index in [0.29, 0.717) is 17.9 Å². The van der Waals surface area contributed by atoms with Crippen molar-refractivity contribution in [3.8, 4) is 0 Å². The number of aryl methyl sites for hydroxylation is 1. The standard InChI is InChI=1S/C24H32N2O/c1-16(24-12-17-9-18(13-24)11-19(10-17)14-24)26-23(27)8-4-5-20-15-25-22-7-3-2-6-21(20)22/h2-3,6-7,15-19,25H,4-5,8-14H2,1H3,(H,26,27)/t16-,17?,18?,19?,24?/m0/s1. The van der Waals surface area contributed by atoms with Gasteiger partial charge in [0.1, 0.15) is 0 Å². The molecule has 0 spiro atoms. The number of aromatic nitrogens is 1. The maximum atomic E-state index is 12.6. The number of amides is 1. The smallest absolute Gasteiger partial charge is 0.220 e. The third-order valence-corrected chi connectivity index (χ3v) is 7.91. The lowest BCUT2D eigenvalue weighted by molar-refractivity contribution is -0.126. The molecule has 1 aromatic carbocycles. The van der Waals surface area contributed by atoms with Crippen LogP contribution in [0.25, 0.3) is 10.9 Å². The molecule has 0 unspecified atom stereocenters. The Morgan fingerprint density at radius 3 is 2.52 bits per heavy atom. The number of carbonyl (C=O) groups excluding carboxylic acids is 1. The summed E-state index contributed by atoms with van der Waals surface area (Å²) in [6, 6.07) is 8.75. The molecule has 4 bridgehead atoms. The first-order chi connectivity index (χ1) is 13.1. The molecule has 144 valence electrons. The molecule has 0 saturated heterocycles. The van der Waals surface area contributed by atoms with Gasteiger partial charge in [0.2, 0.25) is 5.91 Å². The lowest BCUT2D eigenvalue weighted by Gasteiger charge is -2.59. The number of hydrogen-bond acceptors (Lipinski definition) is 1. The largest absolute Gasteiger partial charge is 0.361 e. The first-order valence-electron chi connectivity index (χ1n) is 11.0. The second-order valence-corrected chi connectivity index (χ2v) is 9.78. The fourth-order valence-electron chi connectivity index (χ4n) is 6.95. The number of carbonyl (C=O) groups is 1. The van der Waals surface area contributed by atoms with Gasteiger partial charge in [0.25, 0.3) is 0 Å². The van der Waals surface area contributed by atoms with Gasteiger partial charge >= 0.3 is 0 Å². The summed E-state index contributed by atoms with van der Waals surface area (Å²) in [5.41, 5.74) is 2.92. The van der Waals surface area contributed by atoms with Crippen LogP contribution in [0.3, 0.4) is 0 Å². The van der Waals surface area contributed by atoms with Crippen LogP contribution in [0.1, 0.15) is 63.9 Å². The monoisotopic (exact) mass is 364 g/mol. The minimum absolute atomic E-state index is 0.248. The van der Waals surface area contributed by atoms with E-state index in [1.54, 1.807) is 0 Å². The molecule has 4 aliphatic carbocycles. The van der Waals surface area contributed by atoms with Crippen molar-refractivity contribution in [1.29, 1.82) is 0 Å². The van der Waals surface area contributed by atoms with Gasteiger partial charge in [0.15, 0.2) is 0 Å². The Bertz CT molecular complexity index is 800. The van der Waals surface area contributed by atoms with Gasteiger partial charge in [0.05, 0.1) is 0 Å². The molecule has 6 rings (SSSR count). The van der Waals surface area contributed by atoms with Gasteiger partial charge in [-0.15, -0.1) is 0 Å². The van der Waals surface area contributed by atoms with Gasteiger partial charge in [-0.1, -0.05) is 18.2 Å². The predicted octanol–water partition coefficient (Wildman–Crippen LogP) is 5.21. The summed E-state index contributed by atoms with van der Waals surface area (Å²) >= 11 is 0. The summed E-state index contributed by atoms with van der Waals surface area (Å²) in [7, 11) is 0. The minimum Gasteiger partial charge on any atom is -0.361 e. The molecule has 4 saturated carbocycles. The Balaban J connectivity index is 1.15. The molecular formula is C24H32N2O. The zero-order valence-electron chi connectivity index (χ0n) is 16.5. The van der Waals surface area contributed by atoms with E-state index in [-0.39, 0.29) is 5.91 Å². The molecule has 3 nitrogen and oxygen atoms in total. The topological polar surface area (TPSA) is 44.9 Å². The van der Waals surface area contributed by atoms with Crippen molar-refractivity contribution in [2.24, 2.45) is 23.2 Å². The highest BCUT2D eigenvalue weighted by Gasteiger charge is 2.53. The van der Waals surface area contributed by atoms with Gasteiger partial charge in [-0.25, -0.2) is 0 Å². The van der Waals surface area contributed by atoms with Crippen molar-refractivity contribution in [3.63, 3.8) is 0 Å². The number of H-pyrrole nitrogens is 1. The van der Waals surface area contributed by atoms with Crippen molar-refractivity contribution in [2.75, 3.05) is 0 Å². The summed E-state index contributed by atoms with van der Waals surface area (Å²) in [5.74, 6) is 3.07. The van der Waals surface area contributed by atoms with E-state index in [4.69, 9.17) is 0 Å². The van der Waals surface area contributed by atoms with Crippen LogP contribution in [0.15, 0.2) is 30.5 Å². The van der Waals surface area contributed by atoms with Crippen LogP contribution in [-0.2, 0) is 11.2 Å². The van der Waals surface area contributed by atoms with Gasteiger partial charge in [-0.05, 0) is 93.1 Å². The predicted molar refractivity (Wildman–Crippen MR) is 109 cm³/mol. The van der Waals surface area contributed by atoms with Gasteiger partial charge in [-0.3, -0.25) is 4.79 Å². The molecule has 2 aromatic rings. The average Bonchev–Trinajstić information content (AvgIpc) is 3.04. The lowest BCUT2D eigenvalue weighted by atomic mass is 9.48. The number of rotatable bonds is 6. The zero-order chi connectivity index (χ0) is 18.4. The number of fused-ring (bicyclic) bond motifs is 1. The lowest BCUT2D eigenvalue weighted by Crippen LogP contribution is -2.55. The van der Waals surface area contributed by atoms with Crippen molar-refractivity contribution < 1.29 is 4.79 Å². The van der Waals surface area contributed by atoms with Gasteiger partial charge < -0.3 is 10.3 Å². The summed E-state index contributed by atoms with van der Waals surface area (Å²) in [6.45, 7) is 2.28. The molecular weight excluding hydrogens is 332 g/mol. The first kappa shape index (κ1) is 17.3. The Morgan fingerprint density at radius 2 is 1.81 bits per heavy atom. The highest BCUT2D eigenvalue weighted by Crippen LogP contribution is 2.61. The van der Waals surface area contributed by atoms with Gasteiger partial charge in [-0.2, -0.15) is 0 Å². The number of aromatic amines is 1. The molecule has 2 N–H and O–H groups in total. The van der Waals surface area contributed by atoms with Crippen molar-refractivity contribution >= 4 is 16.8 Å². The summed E-state index contributed by atoms with van der Waals surface area (Å²) in [5, 5.41) is 4.70. The molecule has 0 radical (unpaired) electrons. The number of para-hydroxylation sites is 1. The summed E-state index contributed by atoms with van der Waals surface area (Å²) in [6.07, 6.45) is 13.1. The first-order valence-corrected chi connectivity index (χ1v) is 11.0. The Morgan fingerprint density at radius 1 is 1.15 bits per heavy atom. The van der Waals surface area contributed by atoms with E-state index in [1.807, 2.05) is 0 Å². The highest BCUT2D eigenvalue weighted by molar-refractivity contribution is 5.83. The molecule has 1 heterocycles. The molecule has 1 amide bonds. The Labute approximate surface area is 162 Å². The van der Waals surface area contributed by atoms with Crippen LogP contribution in [0, 0.1) is 23.2 Å². The second-order valence-electron chi connectivity index (χ2n) is 9.78. The molecule has 0 aliphatic heterocycles. The fourth-order valence-corrected chi connectivity index (χ4v) is 6.95.